The molecule has 2 N–H and O–H groups in total. The summed E-state index contributed by atoms with van der Waals surface area (Å²) in [6.07, 6.45) is 4.08. The Balaban J connectivity index is 1.97. The minimum Gasteiger partial charge on any atom is -0.317 e. The van der Waals surface area contributed by atoms with Gasteiger partial charge < -0.3 is 10.6 Å². The maximum Gasteiger partial charge on any atom is 0.247 e. The zero-order valence-electron chi connectivity index (χ0n) is 13.6. The molecule has 0 bridgehead atoms. The van der Waals surface area contributed by atoms with E-state index in [1.165, 1.54) is 18.4 Å². The molecule has 2 aliphatic rings. The van der Waals surface area contributed by atoms with Gasteiger partial charge in [0.25, 0.3) is 0 Å². The van der Waals surface area contributed by atoms with E-state index in [4.69, 9.17) is 5.73 Å². The molecule has 23 heavy (non-hydrogen) atoms. The van der Waals surface area contributed by atoms with Crippen LogP contribution in [0, 0.1) is 0 Å². The molecular formula is C16H23N3O3S. The van der Waals surface area contributed by atoms with Crippen LogP contribution < -0.4 is 10.6 Å². The monoisotopic (exact) mass is 337 g/mol. The van der Waals surface area contributed by atoms with Crippen molar-refractivity contribution >= 4 is 21.6 Å². The van der Waals surface area contributed by atoms with Gasteiger partial charge in [0.05, 0.1) is 10.4 Å². The van der Waals surface area contributed by atoms with E-state index in [-0.39, 0.29) is 10.8 Å². The molecule has 1 aromatic carbocycles. The molecule has 1 heterocycles. The molecule has 0 radical (unpaired) electrons. The molecule has 1 aliphatic carbocycles. The first kappa shape index (κ1) is 16.4. The first-order valence-corrected chi connectivity index (χ1v) is 9.36. The zero-order valence-corrected chi connectivity index (χ0v) is 14.4. The molecule has 1 fully saturated rings. The van der Waals surface area contributed by atoms with Crippen LogP contribution in [-0.4, -0.2) is 44.8 Å². The van der Waals surface area contributed by atoms with Crippen LogP contribution in [0.3, 0.4) is 0 Å². The van der Waals surface area contributed by atoms with Gasteiger partial charge in [-0.2, -0.15) is 0 Å². The number of sulfonamides is 1. The number of carbonyl (C=O) groups excluding carboxylic acids is 1. The van der Waals surface area contributed by atoms with Gasteiger partial charge in [0.15, 0.2) is 0 Å². The van der Waals surface area contributed by atoms with Crippen molar-refractivity contribution in [2.75, 3.05) is 25.5 Å². The molecule has 0 aromatic heterocycles. The van der Waals surface area contributed by atoms with Gasteiger partial charge in [-0.3, -0.25) is 4.79 Å². The highest BCUT2D eigenvalue weighted by atomic mass is 32.2. The van der Waals surface area contributed by atoms with Crippen molar-refractivity contribution in [1.82, 2.24) is 4.31 Å². The van der Waals surface area contributed by atoms with Crippen LogP contribution in [0.1, 0.15) is 31.2 Å². The number of nitrogens with two attached hydrogens (primary N) is 1. The highest BCUT2D eigenvalue weighted by molar-refractivity contribution is 7.89. The summed E-state index contributed by atoms with van der Waals surface area (Å²) in [6.45, 7) is 0.568. The highest BCUT2D eigenvalue weighted by Crippen LogP contribution is 2.36. The third kappa shape index (κ3) is 2.66. The summed E-state index contributed by atoms with van der Waals surface area (Å²) in [5.74, 6) is -0.0758. The summed E-state index contributed by atoms with van der Waals surface area (Å²) in [4.78, 5) is 14.8. The Morgan fingerprint density at radius 3 is 2.52 bits per heavy atom. The minimum atomic E-state index is -3.52. The zero-order chi connectivity index (χ0) is 16.8. The van der Waals surface area contributed by atoms with Crippen LogP contribution in [0.4, 0.5) is 5.69 Å². The first-order chi connectivity index (χ1) is 10.8. The van der Waals surface area contributed by atoms with E-state index < -0.39 is 15.6 Å². The predicted molar refractivity (Wildman–Crippen MR) is 88.8 cm³/mol. The SMILES string of the molecule is CN(C)S(=O)(=O)c1ccc2c(c1)N(C(=O)C1(N)CCCC1)CC2. The molecule has 6 nitrogen and oxygen atoms in total. The summed E-state index contributed by atoms with van der Waals surface area (Å²) in [5.41, 5.74) is 7.19. The van der Waals surface area contributed by atoms with Gasteiger partial charge in [0, 0.05) is 26.3 Å². The summed E-state index contributed by atoms with van der Waals surface area (Å²) in [5, 5.41) is 0. The summed E-state index contributed by atoms with van der Waals surface area (Å²) < 4.78 is 25.8. The van der Waals surface area contributed by atoms with Crippen molar-refractivity contribution in [3.8, 4) is 0 Å². The smallest absolute Gasteiger partial charge is 0.247 e. The number of rotatable bonds is 3. The lowest BCUT2D eigenvalue weighted by Crippen LogP contribution is -2.53. The van der Waals surface area contributed by atoms with Gasteiger partial charge in [-0.1, -0.05) is 18.9 Å². The number of hydrogen-bond donors (Lipinski definition) is 1. The Kier molecular flexibility index (Phi) is 3.98. The molecule has 0 atom stereocenters. The van der Waals surface area contributed by atoms with Crippen molar-refractivity contribution in [3.63, 3.8) is 0 Å². The maximum atomic E-state index is 12.9. The van der Waals surface area contributed by atoms with Crippen LogP contribution >= 0.6 is 0 Å². The molecule has 0 unspecified atom stereocenters. The molecule has 1 aromatic rings. The average molecular weight is 337 g/mol. The highest BCUT2D eigenvalue weighted by Gasteiger charge is 2.42. The lowest BCUT2D eigenvalue weighted by Gasteiger charge is -2.29. The van der Waals surface area contributed by atoms with E-state index in [0.717, 1.165) is 24.8 Å². The number of benzene rings is 1. The van der Waals surface area contributed by atoms with Crippen molar-refractivity contribution in [2.45, 2.75) is 42.5 Å². The standard InChI is InChI=1S/C16H23N3O3S/c1-18(2)23(21,22)13-6-5-12-7-10-19(14(12)11-13)15(20)16(17)8-3-4-9-16/h5-6,11H,3-4,7-10,17H2,1-2H3. The van der Waals surface area contributed by atoms with Crippen LogP contribution in [0.25, 0.3) is 0 Å². The van der Waals surface area contributed by atoms with Crippen LogP contribution in [0.2, 0.25) is 0 Å². The van der Waals surface area contributed by atoms with E-state index >= 15 is 0 Å². The van der Waals surface area contributed by atoms with E-state index in [1.807, 2.05) is 0 Å². The Bertz CT molecular complexity index is 737. The number of hydrogen-bond acceptors (Lipinski definition) is 4. The van der Waals surface area contributed by atoms with Gasteiger partial charge in [-0.15, -0.1) is 0 Å². The quantitative estimate of drug-likeness (QED) is 0.895. The molecule has 1 amide bonds. The Hall–Kier alpha value is -1.44. The largest absolute Gasteiger partial charge is 0.317 e. The van der Waals surface area contributed by atoms with Crippen molar-refractivity contribution in [1.29, 1.82) is 0 Å². The lowest BCUT2D eigenvalue weighted by atomic mass is 9.97. The Morgan fingerprint density at radius 2 is 1.91 bits per heavy atom. The number of carbonyl (C=O) groups is 1. The van der Waals surface area contributed by atoms with Gasteiger partial charge in [-0.05, 0) is 37.0 Å². The Morgan fingerprint density at radius 1 is 1.26 bits per heavy atom. The van der Waals surface area contributed by atoms with E-state index in [1.54, 1.807) is 23.1 Å². The number of amides is 1. The van der Waals surface area contributed by atoms with E-state index in [0.29, 0.717) is 25.1 Å². The normalized spacial score (nSPS) is 20.1. The summed E-state index contributed by atoms with van der Waals surface area (Å²) >= 11 is 0. The van der Waals surface area contributed by atoms with E-state index in [2.05, 4.69) is 0 Å². The fraction of sp³-hybridized carbons (Fsp3) is 0.562. The van der Waals surface area contributed by atoms with Gasteiger partial charge >= 0.3 is 0 Å². The molecule has 1 saturated carbocycles. The van der Waals surface area contributed by atoms with Gasteiger partial charge in [-0.25, -0.2) is 12.7 Å². The number of nitrogens with zero attached hydrogens (tertiary/aromatic N) is 2. The molecular weight excluding hydrogens is 314 g/mol. The number of fused-ring (bicyclic) bond motifs is 1. The third-order valence-electron chi connectivity index (χ3n) is 4.90. The van der Waals surface area contributed by atoms with Gasteiger partial charge in [0.1, 0.15) is 0 Å². The minimum absolute atomic E-state index is 0.0758. The molecule has 7 heteroatoms. The summed E-state index contributed by atoms with van der Waals surface area (Å²) in [7, 11) is -0.520. The van der Waals surface area contributed by atoms with Crippen molar-refractivity contribution < 1.29 is 13.2 Å². The molecule has 0 saturated heterocycles. The fourth-order valence-electron chi connectivity index (χ4n) is 3.43. The Labute approximate surface area is 137 Å². The lowest BCUT2D eigenvalue weighted by molar-refractivity contribution is -0.123. The third-order valence-corrected chi connectivity index (χ3v) is 6.71. The summed E-state index contributed by atoms with van der Waals surface area (Å²) in [6, 6.07) is 5.01. The second kappa shape index (κ2) is 5.58. The van der Waals surface area contributed by atoms with Crippen LogP contribution in [-0.2, 0) is 21.2 Å². The van der Waals surface area contributed by atoms with Crippen molar-refractivity contribution in [2.24, 2.45) is 5.73 Å². The van der Waals surface area contributed by atoms with Crippen LogP contribution in [0.15, 0.2) is 23.1 Å². The molecule has 0 spiro atoms. The first-order valence-electron chi connectivity index (χ1n) is 7.92. The second-order valence-corrected chi connectivity index (χ2v) is 8.80. The van der Waals surface area contributed by atoms with E-state index in [9.17, 15) is 13.2 Å². The van der Waals surface area contributed by atoms with Crippen LogP contribution in [0.5, 0.6) is 0 Å². The number of anilines is 1. The molecule has 1 aliphatic heterocycles. The molecule has 126 valence electrons. The topological polar surface area (TPSA) is 83.7 Å². The fourth-order valence-corrected chi connectivity index (χ4v) is 4.35. The maximum absolute atomic E-state index is 12.9. The van der Waals surface area contributed by atoms with Crippen molar-refractivity contribution in [3.05, 3.63) is 23.8 Å². The average Bonchev–Trinajstić information content (AvgIpc) is 3.12. The second-order valence-electron chi connectivity index (χ2n) is 6.65. The molecule has 3 rings (SSSR count). The predicted octanol–water partition coefficient (Wildman–Crippen LogP) is 1.10. The van der Waals surface area contributed by atoms with Gasteiger partial charge in [0.2, 0.25) is 15.9 Å².